The van der Waals surface area contributed by atoms with Gasteiger partial charge in [0, 0.05) is 0 Å². The Morgan fingerprint density at radius 2 is 1.50 bits per heavy atom. The molecular weight excluding hydrogens is 341 g/mol. The zero-order valence-corrected chi connectivity index (χ0v) is 8.78. The molecule has 0 saturated heterocycles. The van der Waals surface area contributed by atoms with Gasteiger partial charge in [-0.1, -0.05) is 12.2 Å². The van der Waals surface area contributed by atoms with Crippen molar-refractivity contribution in [3.63, 3.8) is 0 Å². The van der Waals surface area contributed by atoms with Gasteiger partial charge in [-0.2, -0.15) is 0 Å². The Kier molecular flexibility index (Phi) is 8.80. The van der Waals surface area contributed by atoms with Crippen LogP contribution >= 0.6 is 40.0 Å². The molecular formula is C3H4I2V. The second-order valence-corrected chi connectivity index (χ2v) is 12.6. The van der Waals surface area contributed by atoms with Crippen LogP contribution in [0.3, 0.4) is 0 Å². The minimum absolute atomic E-state index is 0.628. The Morgan fingerprint density at radius 1 is 1.33 bits per heavy atom. The third kappa shape index (κ3) is 17.1. The molecule has 0 atom stereocenters. The number of rotatable bonds is 0. The molecule has 0 N–H and O–H groups in total. The van der Waals surface area contributed by atoms with Crippen LogP contribution in [0.1, 0.15) is 6.42 Å². The Balaban J connectivity index is 0.0000000833. The molecule has 0 unspecified atom stereocenters. The van der Waals surface area contributed by atoms with Crippen LogP contribution in [0.5, 0.6) is 0 Å². The van der Waals surface area contributed by atoms with E-state index in [0.717, 1.165) is 0 Å². The average molecular weight is 345 g/mol. The molecule has 0 heterocycles. The molecule has 0 spiro atoms. The minimum atomic E-state index is 0.628. The van der Waals surface area contributed by atoms with Crippen molar-refractivity contribution in [1.82, 2.24) is 0 Å². The topological polar surface area (TPSA) is 0 Å². The van der Waals surface area contributed by atoms with E-state index in [0.29, 0.717) is 9.47 Å². The number of halogens is 2. The van der Waals surface area contributed by atoms with Crippen molar-refractivity contribution in [1.29, 1.82) is 0 Å². The molecule has 0 amide bonds. The monoisotopic (exact) mass is 345 g/mol. The standard InChI is InChI=1S/C3H4.2HI.V/c1-2-3-1;;;/h1-2H,3H2;2*1H;/q;;;+2/p-2. The predicted octanol–water partition coefficient (Wildman–Crippen LogP) is 2.72. The molecule has 3 heteroatoms. The fourth-order valence-corrected chi connectivity index (χ4v) is 0. The molecule has 0 aromatic carbocycles. The summed E-state index contributed by atoms with van der Waals surface area (Å²) in [5, 5.41) is 0. The molecule has 0 radical (unpaired) electrons. The SMILES string of the molecule is C1=CC1.[I][V][I]. The molecule has 0 aromatic rings. The number of hydrogen-bond donors (Lipinski definition) is 0. The fourth-order valence-electron chi connectivity index (χ4n) is 0. The summed E-state index contributed by atoms with van der Waals surface area (Å²) in [7, 11) is 0.628. The van der Waals surface area contributed by atoms with Crippen molar-refractivity contribution in [2.24, 2.45) is 0 Å². The molecule has 0 nitrogen and oxygen atoms in total. The van der Waals surface area contributed by atoms with Crippen molar-refractivity contribution < 1.29 is 9.47 Å². The normalized spacial score (nSPS) is 11.7. The summed E-state index contributed by atoms with van der Waals surface area (Å²) in [6.07, 6.45) is 5.50. The maximum absolute atomic E-state index is 2.37. The third-order valence-corrected chi connectivity index (χ3v) is 0.236. The van der Waals surface area contributed by atoms with Gasteiger partial charge in [-0.25, -0.2) is 0 Å². The van der Waals surface area contributed by atoms with Crippen molar-refractivity contribution in [2.45, 2.75) is 6.42 Å². The van der Waals surface area contributed by atoms with Crippen LogP contribution in [0.15, 0.2) is 12.2 Å². The van der Waals surface area contributed by atoms with Crippen molar-refractivity contribution in [3.8, 4) is 0 Å². The van der Waals surface area contributed by atoms with Crippen molar-refractivity contribution in [3.05, 3.63) is 12.2 Å². The molecule has 6 heavy (non-hydrogen) atoms. The second-order valence-electron chi connectivity index (χ2n) is 0.771. The molecule has 35 valence electrons. The van der Waals surface area contributed by atoms with Crippen LogP contribution in [0.2, 0.25) is 0 Å². The summed E-state index contributed by atoms with van der Waals surface area (Å²) < 4.78 is 0. The summed E-state index contributed by atoms with van der Waals surface area (Å²) in [6.45, 7) is 0. The van der Waals surface area contributed by atoms with E-state index >= 15 is 0 Å². The average Bonchev–Trinajstić information content (AvgIpc) is 2.11. The van der Waals surface area contributed by atoms with Gasteiger partial charge in [-0.15, -0.1) is 0 Å². The van der Waals surface area contributed by atoms with Gasteiger partial charge in [0.15, 0.2) is 0 Å². The van der Waals surface area contributed by atoms with E-state index < -0.39 is 0 Å². The molecule has 0 saturated carbocycles. The quantitative estimate of drug-likeness (QED) is 0.468. The number of allylic oxidation sites excluding steroid dienone is 2. The van der Waals surface area contributed by atoms with Crippen LogP contribution in [-0.2, 0) is 9.47 Å². The summed E-state index contributed by atoms with van der Waals surface area (Å²) in [4.78, 5) is 0. The summed E-state index contributed by atoms with van der Waals surface area (Å²) in [5.41, 5.74) is 0. The maximum atomic E-state index is 2.37. The van der Waals surface area contributed by atoms with E-state index in [1.54, 1.807) is 0 Å². The molecule has 1 rings (SSSR count). The first-order valence-corrected chi connectivity index (χ1v) is 10.5. The van der Waals surface area contributed by atoms with Gasteiger partial charge in [0.25, 0.3) is 0 Å². The zero-order chi connectivity index (χ0) is 4.83. The van der Waals surface area contributed by atoms with E-state index in [-0.39, 0.29) is 0 Å². The molecule has 1 aliphatic carbocycles. The van der Waals surface area contributed by atoms with Crippen LogP contribution < -0.4 is 0 Å². The van der Waals surface area contributed by atoms with Gasteiger partial charge in [-0.3, -0.25) is 0 Å². The van der Waals surface area contributed by atoms with E-state index in [1.165, 1.54) is 6.42 Å². The molecule has 0 aromatic heterocycles. The molecule has 0 bridgehead atoms. The van der Waals surface area contributed by atoms with E-state index in [9.17, 15) is 0 Å². The van der Waals surface area contributed by atoms with Crippen LogP contribution in [0, 0.1) is 0 Å². The van der Waals surface area contributed by atoms with Gasteiger partial charge in [-0.05, 0) is 6.42 Å². The first kappa shape index (κ1) is 7.78. The first-order chi connectivity index (χ1) is 2.91. The van der Waals surface area contributed by atoms with Gasteiger partial charge < -0.3 is 0 Å². The van der Waals surface area contributed by atoms with E-state index in [1.807, 2.05) is 0 Å². The Bertz CT molecular complexity index is 40.1. The van der Waals surface area contributed by atoms with Gasteiger partial charge in [0.1, 0.15) is 0 Å². The van der Waals surface area contributed by atoms with Crippen LogP contribution in [0.4, 0.5) is 0 Å². The van der Waals surface area contributed by atoms with Crippen LogP contribution in [0.25, 0.3) is 0 Å². The van der Waals surface area contributed by atoms with Gasteiger partial charge >= 0.3 is 49.4 Å². The number of hydrogen-bond acceptors (Lipinski definition) is 0. The van der Waals surface area contributed by atoms with Crippen molar-refractivity contribution >= 4 is 40.0 Å². The van der Waals surface area contributed by atoms with Crippen LogP contribution in [-0.4, -0.2) is 0 Å². The molecule has 0 aliphatic heterocycles. The Hall–Kier alpha value is 1.78. The van der Waals surface area contributed by atoms with Crippen molar-refractivity contribution in [2.75, 3.05) is 0 Å². The Morgan fingerprint density at radius 3 is 1.50 bits per heavy atom. The van der Waals surface area contributed by atoms with Gasteiger partial charge in [0.2, 0.25) is 0 Å². The zero-order valence-electron chi connectivity index (χ0n) is 3.06. The summed E-state index contributed by atoms with van der Waals surface area (Å²) >= 11 is 4.74. The third-order valence-electron chi connectivity index (χ3n) is 0.236. The Labute approximate surface area is 67.0 Å². The second kappa shape index (κ2) is 6.78. The molecule has 0 fully saturated rings. The van der Waals surface area contributed by atoms with E-state index in [2.05, 4.69) is 52.1 Å². The van der Waals surface area contributed by atoms with E-state index in [4.69, 9.17) is 0 Å². The van der Waals surface area contributed by atoms with Gasteiger partial charge in [0.05, 0.1) is 0 Å². The summed E-state index contributed by atoms with van der Waals surface area (Å²) in [5.74, 6) is 0. The summed E-state index contributed by atoms with van der Waals surface area (Å²) in [6, 6.07) is 0. The fraction of sp³-hybridized carbons (Fsp3) is 0.333. The first-order valence-electron chi connectivity index (χ1n) is 1.49. The molecule has 1 aliphatic rings. The predicted molar refractivity (Wildman–Crippen MR) is 41.8 cm³/mol.